The number of rotatable bonds is 3. The molecule has 3 unspecified atom stereocenters. The highest BCUT2D eigenvalue weighted by molar-refractivity contribution is 7.92. The summed E-state index contributed by atoms with van der Waals surface area (Å²) in [6.45, 7) is 5.51. The Bertz CT molecular complexity index is 367. The molecular weight excluding hydrogens is 222 g/mol. The average Bonchev–Trinajstić information content (AvgIpc) is 2.27. The largest absolute Gasteiger partial charge is 0.228 e. The van der Waals surface area contributed by atoms with Gasteiger partial charge in [0.2, 0.25) is 0 Å². The van der Waals surface area contributed by atoms with E-state index >= 15 is 0 Å². The first-order valence-corrected chi connectivity index (χ1v) is 7.66. The first-order chi connectivity index (χ1) is 7.43. The molecule has 0 amide bonds. The molecule has 0 bridgehead atoms. The fraction of sp³-hybridized carbons (Fsp3) is 0.917. The summed E-state index contributed by atoms with van der Waals surface area (Å²) in [7, 11) is -3.13. The molecule has 0 spiro atoms. The van der Waals surface area contributed by atoms with Crippen LogP contribution >= 0.6 is 0 Å². The van der Waals surface area contributed by atoms with Gasteiger partial charge < -0.3 is 0 Å². The molecule has 1 aliphatic rings. The van der Waals surface area contributed by atoms with Crippen molar-refractivity contribution in [1.29, 1.82) is 5.26 Å². The van der Waals surface area contributed by atoms with E-state index in [1.165, 1.54) is 0 Å². The Hall–Kier alpha value is -0.560. The van der Waals surface area contributed by atoms with E-state index in [4.69, 9.17) is 5.26 Å². The molecule has 0 aromatic rings. The van der Waals surface area contributed by atoms with Crippen molar-refractivity contribution >= 4 is 9.84 Å². The third-order valence-corrected chi connectivity index (χ3v) is 6.40. The molecule has 0 saturated heterocycles. The summed E-state index contributed by atoms with van der Waals surface area (Å²) >= 11 is 0. The van der Waals surface area contributed by atoms with Crippen LogP contribution in [-0.4, -0.2) is 18.9 Å². The molecule has 92 valence electrons. The SMILES string of the molecule is CCC1CCC(C#N)C(S(=O)(=O)C(C)C)C1. The lowest BCUT2D eigenvalue weighted by molar-refractivity contribution is 0.307. The third kappa shape index (κ3) is 2.57. The highest BCUT2D eigenvalue weighted by Crippen LogP contribution is 2.35. The van der Waals surface area contributed by atoms with Crippen molar-refractivity contribution in [2.24, 2.45) is 11.8 Å². The minimum absolute atomic E-state index is 0.296. The predicted octanol–water partition coefficient (Wildman–Crippen LogP) is 2.53. The van der Waals surface area contributed by atoms with E-state index in [0.29, 0.717) is 12.3 Å². The lowest BCUT2D eigenvalue weighted by Gasteiger charge is -2.32. The summed E-state index contributed by atoms with van der Waals surface area (Å²) in [5.74, 6) is 0.179. The smallest absolute Gasteiger partial charge is 0.156 e. The van der Waals surface area contributed by atoms with Crippen LogP contribution in [0.15, 0.2) is 0 Å². The highest BCUT2D eigenvalue weighted by atomic mass is 32.2. The van der Waals surface area contributed by atoms with Crippen molar-refractivity contribution in [2.75, 3.05) is 0 Å². The Morgan fingerprint density at radius 2 is 2.00 bits per heavy atom. The van der Waals surface area contributed by atoms with Gasteiger partial charge >= 0.3 is 0 Å². The number of sulfone groups is 1. The van der Waals surface area contributed by atoms with E-state index in [2.05, 4.69) is 13.0 Å². The lowest BCUT2D eigenvalue weighted by Crippen LogP contribution is -2.39. The van der Waals surface area contributed by atoms with Crippen LogP contribution in [0.25, 0.3) is 0 Å². The van der Waals surface area contributed by atoms with Gasteiger partial charge in [-0.25, -0.2) is 8.42 Å². The van der Waals surface area contributed by atoms with Gasteiger partial charge in [-0.3, -0.25) is 0 Å². The van der Waals surface area contributed by atoms with Gasteiger partial charge in [0.15, 0.2) is 9.84 Å². The second-order valence-electron chi connectivity index (χ2n) is 5.00. The van der Waals surface area contributed by atoms with Gasteiger partial charge in [-0.2, -0.15) is 5.26 Å². The summed E-state index contributed by atoms with van der Waals surface area (Å²) in [6.07, 6.45) is 3.43. The maximum Gasteiger partial charge on any atom is 0.156 e. The average molecular weight is 243 g/mol. The summed E-state index contributed by atoms with van der Waals surface area (Å²) in [4.78, 5) is 0. The molecule has 3 nitrogen and oxygen atoms in total. The van der Waals surface area contributed by atoms with Gasteiger partial charge in [0.05, 0.1) is 22.5 Å². The number of hydrogen-bond donors (Lipinski definition) is 0. The zero-order valence-electron chi connectivity index (χ0n) is 10.3. The Morgan fingerprint density at radius 1 is 1.38 bits per heavy atom. The van der Waals surface area contributed by atoms with Crippen LogP contribution in [0.1, 0.15) is 46.5 Å². The molecule has 0 heterocycles. The third-order valence-electron chi connectivity index (χ3n) is 3.72. The maximum atomic E-state index is 12.2. The maximum absolute atomic E-state index is 12.2. The number of nitrogens with zero attached hydrogens (tertiary/aromatic N) is 1. The molecule has 0 aromatic carbocycles. The molecule has 4 heteroatoms. The van der Waals surface area contributed by atoms with Crippen LogP contribution in [0, 0.1) is 23.2 Å². The Morgan fingerprint density at radius 3 is 2.44 bits per heavy atom. The zero-order chi connectivity index (χ0) is 12.3. The van der Waals surface area contributed by atoms with E-state index in [0.717, 1.165) is 19.3 Å². The van der Waals surface area contributed by atoms with E-state index in [9.17, 15) is 8.42 Å². The van der Waals surface area contributed by atoms with E-state index in [1.54, 1.807) is 13.8 Å². The fourth-order valence-corrected chi connectivity index (χ4v) is 4.34. The zero-order valence-corrected chi connectivity index (χ0v) is 11.1. The van der Waals surface area contributed by atoms with Gasteiger partial charge in [-0.1, -0.05) is 13.3 Å². The minimum atomic E-state index is -3.13. The van der Waals surface area contributed by atoms with Crippen molar-refractivity contribution in [3.63, 3.8) is 0 Å². The fourth-order valence-electron chi connectivity index (χ4n) is 2.44. The molecule has 0 aromatic heterocycles. The molecular formula is C12H21NO2S. The second kappa shape index (κ2) is 5.18. The van der Waals surface area contributed by atoms with Crippen molar-refractivity contribution in [3.8, 4) is 6.07 Å². The molecule has 1 aliphatic carbocycles. The van der Waals surface area contributed by atoms with E-state index in [-0.39, 0.29) is 11.2 Å². The Balaban J connectivity index is 2.94. The summed E-state index contributed by atoms with van der Waals surface area (Å²) in [5, 5.41) is 8.25. The van der Waals surface area contributed by atoms with Crippen molar-refractivity contribution < 1.29 is 8.42 Å². The van der Waals surface area contributed by atoms with Crippen LogP contribution in [0.5, 0.6) is 0 Å². The summed E-state index contributed by atoms with van der Waals surface area (Å²) < 4.78 is 24.3. The normalized spacial score (nSPS) is 31.3. The van der Waals surface area contributed by atoms with Crippen LogP contribution in [-0.2, 0) is 9.84 Å². The van der Waals surface area contributed by atoms with E-state index in [1.807, 2.05) is 0 Å². The Kier molecular flexibility index (Phi) is 4.37. The van der Waals surface area contributed by atoms with Gasteiger partial charge in [-0.15, -0.1) is 0 Å². The van der Waals surface area contributed by atoms with Gasteiger partial charge in [0.1, 0.15) is 0 Å². The molecule has 1 saturated carbocycles. The monoisotopic (exact) mass is 243 g/mol. The number of hydrogen-bond acceptors (Lipinski definition) is 3. The van der Waals surface area contributed by atoms with Gasteiger partial charge in [0.25, 0.3) is 0 Å². The highest BCUT2D eigenvalue weighted by Gasteiger charge is 2.39. The van der Waals surface area contributed by atoms with Crippen molar-refractivity contribution in [1.82, 2.24) is 0 Å². The van der Waals surface area contributed by atoms with Crippen LogP contribution in [0.4, 0.5) is 0 Å². The first kappa shape index (κ1) is 13.5. The minimum Gasteiger partial charge on any atom is -0.228 e. The molecule has 0 N–H and O–H groups in total. The Labute approximate surface area is 98.8 Å². The van der Waals surface area contributed by atoms with Gasteiger partial charge in [0, 0.05) is 0 Å². The first-order valence-electron chi connectivity index (χ1n) is 6.05. The quantitative estimate of drug-likeness (QED) is 0.765. The molecule has 1 fully saturated rings. The summed E-state index contributed by atoms with van der Waals surface area (Å²) in [5.41, 5.74) is 0. The van der Waals surface area contributed by atoms with Crippen LogP contribution < -0.4 is 0 Å². The van der Waals surface area contributed by atoms with Crippen molar-refractivity contribution in [2.45, 2.75) is 57.0 Å². The van der Waals surface area contributed by atoms with Gasteiger partial charge in [-0.05, 0) is 39.0 Å². The van der Waals surface area contributed by atoms with Crippen LogP contribution in [0.3, 0.4) is 0 Å². The molecule has 3 atom stereocenters. The van der Waals surface area contributed by atoms with E-state index < -0.39 is 15.1 Å². The standard InChI is InChI=1S/C12H21NO2S/c1-4-10-5-6-11(8-13)12(7-10)16(14,15)9(2)3/h9-12H,4-7H2,1-3H3. The van der Waals surface area contributed by atoms with Crippen molar-refractivity contribution in [3.05, 3.63) is 0 Å². The summed E-state index contributed by atoms with van der Waals surface area (Å²) in [6, 6.07) is 2.18. The second-order valence-corrected chi connectivity index (χ2v) is 7.73. The lowest BCUT2D eigenvalue weighted by atomic mass is 9.81. The predicted molar refractivity (Wildman–Crippen MR) is 64.6 cm³/mol. The molecule has 1 rings (SSSR count). The van der Waals surface area contributed by atoms with Crippen LogP contribution in [0.2, 0.25) is 0 Å². The molecule has 0 radical (unpaired) electrons. The molecule has 16 heavy (non-hydrogen) atoms. The molecule has 0 aliphatic heterocycles. The topological polar surface area (TPSA) is 57.9 Å². The number of nitriles is 1.